The molecule has 0 atom stereocenters. The standard InChI is InChI=1S/C19H16N2O3S2/c1-20-16-14(11-12-2-3-15-13(10-12)4-9-25-15)17(19(22)23)26-18(16)21-5-7-24-8-6-21/h2-4,9-10H,5-8,11H2,(H,22,23). The maximum atomic E-state index is 11.8. The predicted molar refractivity (Wildman–Crippen MR) is 105 cm³/mol. The number of carboxylic acids is 1. The normalized spacial score (nSPS) is 14.5. The van der Waals surface area contributed by atoms with Crippen molar-refractivity contribution in [2.24, 2.45) is 0 Å². The van der Waals surface area contributed by atoms with Gasteiger partial charge in [-0.2, -0.15) is 0 Å². The number of aromatic carboxylic acids is 1. The van der Waals surface area contributed by atoms with Crippen LogP contribution in [-0.4, -0.2) is 37.4 Å². The molecular weight excluding hydrogens is 368 g/mol. The van der Waals surface area contributed by atoms with Crippen molar-refractivity contribution in [3.63, 3.8) is 0 Å². The van der Waals surface area contributed by atoms with E-state index in [2.05, 4.69) is 27.9 Å². The van der Waals surface area contributed by atoms with Gasteiger partial charge in [0.1, 0.15) is 4.88 Å². The zero-order valence-corrected chi connectivity index (χ0v) is 15.5. The van der Waals surface area contributed by atoms with E-state index in [1.165, 1.54) is 16.0 Å². The fourth-order valence-electron chi connectivity index (χ4n) is 3.21. The summed E-state index contributed by atoms with van der Waals surface area (Å²) >= 11 is 2.89. The summed E-state index contributed by atoms with van der Waals surface area (Å²) in [6.07, 6.45) is 0.450. The minimum Gasteiger partial charge on any atom is -0.477 e. The van der Waals surface area contributed by atoms with Crippen molar-refractivity contribution in [3.8, 4) is 0 Å². The maximum absolute atomic E-state index is 11.8. The van der Waals surface area contributed by atoms with Gasteiger partial charge in [0, 0.05) is 17.8 Å². The van der Waals surface area contributed by atoms with Crippen molar-refractivity contribution in [1.29, 1.82) is 0 Å². The number of benzene rings is 1. The van der Waals surface area contributed by atoms with Crippen LogP contribution in [0.3, 0.4) is 0 Å². The lowest BCUT2D eigenvalue weighted by Crippen LogP contribution is -2.35. The van der Waals surface area contributed by atoms with Gasteiger partial charge < -0.3 is 14.7 Å². The van der Waals surface area contributed by atoms with Gasteiger partial charge in [-0.25, -0.2) is 9.64 Å². The number of rotatable bonds is 4. The van der Waals surface area contributed by atoms with Crippen LogP contribution in [-0.2, 0) is 11.2 Å². The first-order chi connectivity index (χ1) is 12.7. The molecule has 3 aromatic rings. The molecule has 0 unspecified atom stereocenters. The Kier molecular flexibility index (Phi) is 4.64. The SMILES string of the molecule is [C-]#[N+]c1c(N2CCOCC2)sc(C(=O)O)c1Cc1ccc2sccc2c1. The number of carbonyl (C=O) groups is 1. The molecule has 2 aromatic heterocycles. The van der Waals surface area contributed by atoms with Crippen LogP contribution in [0.15, 0.2) is 29.6 Å². The number of hydrogen-bond donors (Lipinski definition) is 1. The molecule has 1 aromatic carbocycles. The molecule has 0 saturated carbocycles. The van der Waals surface area contributed by atoms with Gasteiger partial charge >= 0.3 is 5.97 Å². The summed E-state index contributed by atoms with van der Waals surface area (Å²) in [6, 6.07) is 8.22. The average Bonchev–Trinajstić information content (AvgIpc) is 3.26. The van der Waals surface area contributed by atoms with Crippen molar-refractivity contribution in [3.05, 3.63) is 57.1 Å². The summed E-state index contributed by atoms with van der Waals surface area (Å²) in [5.74, 6) is -0.967. The van der Waals surface area contributed by atoms with E-state index in [-0.39, 0.29) is 4.88 Å². The largest absolute Gasteiger partial charge is 0.477 e. The van der Waals surface area contributed by atoms with Crippen LogP contribution in [0.5, 0.6) is 0 Å². The fourth-order valence-corrected chi connectivity index (χ4v) is 5.13. The quantitative estimate of drug-likeness (QED) is 0.666. The van der Waals surface area contributed by atoms with Crippen LogP contribution in [0.4, 0.5) is 10.7 Å². The van der Waals surface area contributed by atoms with E-state index in [9.17, 15) is 9.90 Å². The summed E-state index contributed by atoms with van der Waals surface area (Å²) in [5.41, 5.74) is 2.11. The Morgan fingerprint density at radius 2 is 2.12 bits per heavy atom. The third-order valence-corrected chi connectivity index (χ3v) is 6.63. The van der Waals surface area contributed by atoms with E-state index in [4.69, 9.17) is 11.3 Å². The summed E-state index contributed by atoms with van der Waals surface area (Å²) in [4.78, 5) is 17.9. The molecule has 4 rings (SSSR count). The van der Waals surface area contributed by atoms with E-state index < -0.39 is 5.97 Å². The van der Waals surface area contributed by atoms with E-state index in [0.717, 1.165) is 16.0 Å². The molecule has 3 heterocycles. The van der Waals surface area contributed by atoms with Gasteiger partial charge in [0.05, 0.1) is 24.8 Å². The van der Waals surface area contributed by atoms with Gasteiger partial charge in [-0.15, -0.1) is 22.7 Å². The van der Waals surface area contributed by atoms with Gasteiger partial charge in [-0.05, 0) is 40.4 Å². The summed E-state index contributed by atoms with van der Waals surface area (Å²) in [7, 11) is 0. The lowest BCUT2D eigenvalue weighted by Gasteiger charge is -2.28. The van der Waals surface area contributed by atoms with Crippen LogP contribution >= 0.6 is 22.7 Å². The topological polar surface area (TPSA) is 54.1 Å². The van der Waals surface area contributed by atoms with Crippen LogP contribution in [0.1, 0.15) is 20.8 Å². The minimum atomic E-state index is -0.967. The number of morpholine rings is 1. The molecule has 0 aliphatic carbocycles. The van der Waals surface area contributed by atoms with Gasteiger partial charge in [0.2, 0.25) is 5.69 Å². The van der Waals surface area contributed by atoms with Gasteiger partial charge in [-0.3, -0.25) is 0 Å². The molecule has 1 aliphatic heterocycles. The molecule has 0 bridgehead atoms. The molecule has 1 saturated heterocycles. The first-order valence-corrected chi connectivity index (χ1v) is 9.92. The number of ether oxygens (including phenoxy) is 1. The summed E-state index contributed by atoms with van der Waals surface area (Å²) in [6.45, 7) is 10.2. The lowest BCUT2D eigenvalue weighted by molar-refractivity contribution is 0.0701. The van der Waals surface area contributed by atoms with Crippen molar-refractivity contribution < 1.29 is 14.6 Å². The van der Waals surface area contributed by atoms with E-state index in [1.807, 2.05) is 11.4 Å². The maximum Gasteiger partial charge on any atom is 0.344 e. The minimum absolute atomic E-state index is 0.267. The highest BCUT2D eigenvalue weighted by atomic mass is 32.1. The fraction of sp³-hybridized carbons (Fsp3) is 0.263. The smallest absolute Gasteiger partial charge is 0.344 e. The zero-order chi connectivity index (χ0) is 18.1. The van der Waals surface area contributed by atoms with Crippen molar-refractivity contribution >= 4 is 49.4 Å². The summed E-state index contributed by atoms with van der Waals surface area (Å²) in [5, 5.41) is 13.6. The third kappa shape index (κ3) is 3.07. The molecule has 0 radical (unpaired) electrons. The molecule has 1 N–H and O–H groups in total. The van der Waals surface area contributed by atoms with E-state index in [1.54, 1.807) is 11.3 Å². The van der Waals surface area contributed by atoms with Crippen LogP contribution in [0.2, 0.25) is 0 Å². The van der Waals surface area contributed by atoms with Crippen LogP contribution < -0.4 is 4.90 Å². The average molecular weight is 384 g/mol. The highest BCUT2D eigenvalue weighted by molar-refractivity contribution is 7.19. The molecule has 26 heavy (non-hydrogen) atoms. The highest BCUT2D eigenvalue weighted by Gasteiger charge is 2.26. The zero-order valence-electron chi connectivity index (χ0n) is 13.9. The van der Waals surface area contributed by atoms with Crippen molar-refractivity contribution in [1.82, 2.24) is 0 Å². The number of nitrogens with zero attached hydrogens (tertiary/aromatic N) is 2. The van der Waals surface area contributed by atoms with Crippen molar-refractivity contribution in [2.45, 2.75) is 6.42 Å². The molecule has 1 fully saturated rings. The highest BCUT2D eigenvalue weighted by Crippen LogP contribution is 2.44. The van der Waals surface area contributed by atoms with Crippen LogP contribution in [0.25, 0.3) is 14.9 Å². The van der Waals surface area contributed by atoms with Gasteiger partial charge in [-0.1, -0.05) is 12.1 Å². The molecule has 132 valence electrons. The number of fused-ring (bicyclic) bond motifs is 1. The second-order valence-corrected chi connectivity index (χ2v) is 8.00. The number of anilines is 1. The first-order valence-electron chi connectivity index (χ1n) is 8.22. The Morgan fingerprint density at radius 3 is 2.85 bits per heavy atom. The Morgan fingerprint density at radius 1 is 1.31 bits per heavy atom. The molecule has 1 aliphatic rings. The van der Waals surface area contributed by atoms with Crippen LogP contribution in [0, 0.1) is 6.57 Å². The summed E-state index contributed by atoms with van der Waals surface area (Å²) < 4.78 is 6.58. The number of carboxylic acid groups (broad SMARTS) is 1. The molecule has 5 nitrogen and oxygen atoms in total. The predicted octanol–water partition coefficient (Wildman–Crippen LogP) is 4.64. The second-order valence-electron chi connectivity index (χ2n) is 6.05. The lowest BCUT2D eigenvalue weighted by atomic mass is 10.0. The molecule has 7 heteroatoms. The van der Waals surface area contributed by atoms with Crippen molar-refractivity contribution in [2.75, 3.05) is 31.2 Å². The third-order valence-electron chi connectivity index (χ3n) is 4.46. The first kappa shape index (κ1) is 17.0. The van der Waals surface area contributed by atoms with E-state index >= 15 is 0 Å². The number of thiophene rings is 2. The molecule has 0 spiro atoms. The Balaban J connectivity index is 1.76. The van der Waals surface area contributed by atoms with Gasteiger partial charge in [0.15, 0.2) is 0 Å². The van der Waals surface area contributed by atoms with Gasteiger partial charge in [0.25, 0.3) is 0 Å². The molecular formula is C19H16N2O3S2. The second kappa shape index (κ2) is 7.08. The molecule has 0 amide bonds. The van der Waals surface area contributed by atoms with E-state index in [0.29, 0.717) is 44.0 Å². The monoisotopic (exact) mass is 384 g/mol. The Hall–Kier alpha value is -2.40. The Labute approximate surface area is 158 Å². The number of hydrogen-bond acceptors (Lipinski definition) is 5. The Bertz CT molecular complexity index is 1010.